The molecule has 4 nitrogen and oxygen atoms in total. The van der Waals surface area contributed by atoms with Crippen molar-refractivity contribution < 1.29 is 9.90 Å². The molecule has 2 fully saturated rings. The van der Waals surface area contributed by atoms with Crippen molar-refractivity contribution in [2.75, 3.05) is 19.6 Å². The maximum Gasteiger partial charge on any atom is 0.223 e. The second-order valence-corrected chi connectivity index (χ2v) is 6.97. The highest BCUT2D eigenvalue weighted by Gasteiger charge is 2.35. The predicted octanol–water partition coefficient (Wildman–Crippen LogP) is 1.92. The van der Waals surface area contributed by atoms with Gasteiger partial charge in [-0.25, -0.2) is 0 Å². The molecule has 0 radical (unpaired) electrons. The molecule has 1 heterocycles. The molecule has 1 unspecified atom stereocenters. The smallest absolute Gasteiger partial charge is 0.223 e. The molecule has 1 saturated carbocycles. The maximum atomic E-state index is 11.9. The highest BCUT2D eigenvalue weighted by atomic mass is 16.3. The Morgan fingerprint density at radius 1 is 1.25 bits per heavy atom. The van der Waals surface area contributed by atoms with E-state index in [-0.39, 0.29) is 17.9 Å². The minimum Gasteiger partial charge on any atom is -0.389 e. The van der Waals surface area contributed by atoms with Crippen molar-refractivity contribution in [3.8, 4) is 0 Å². The third-order valence-electron chi connectivity index (χ3n) is 4.83. The van der Waals surface area contributed by atoms with Gasteiger partial charge in [0.25, 0.3) is 0 Å². The summed E-state index contributed by atoms with van der Waals surface area (Å²) in [6.07, 6.45) is 7.78. The maximum absolute atomic E-state index is 11.9. The van der Waals surface area contributed by atoms with E-state index >= 15 is 0 Å². The summed E-state index contributed by atoms with van der Waals surface area (Å²) in [6.45, 7) is 6.62. The lowest BCUT2D eigenvalue weighted by molar-refractivity contribution is -0.124. The predicted molar refractivity (Wildman–Crippen MR) is 80.5 cm³/mol. The van der Waals surface area contributed by atoms with Gasteiger partial charge in [0.05, 0.1) is 5.60 Å². The molecule has 20 heavy (non-hydrogen) atoms. The molecular formula is C16H30N2O2. The van der Waals surface area contributed by atoms with Crippen LogP contribution in [0, 0.1) is 5.92 Å². The molecule has 1 saturated heterocycles. The Labute approximate surface area is 122 Å². The summed E-state index contributed by atoms with van der Waals surface area (Å²) in [7, 11) is 0. The van der Waals surface area contributed by atoms with E-state index in [1.165, 1.54) is 19.3 Å². The molecule has 1 aliphatic carbocycles. The van der Waals surface area contributed by atoms with E-state index in [9.17, 15) is 9.90 Å². The van der Waals surface area contributed by atoms with Crippen LogP contribution in [-0.4, -0.2) is 47.2 Å². The Morgan fingerprint density at radius 2 is 1.95 bits per heavy atom. The van der Waals surface area contributed by atoms with Crippen molar-refractivity contribution in [3.63, 3.8) is 0 Å². The Balaban J connectivity index is 1.64. The van der Waals surface area contributed by atoms with E-state index in [0.717, 1.165) is 45.3 Å². The van der Waals surface area contributed by atoms with Gasteiger partial charge in [-0.3, -0.25) is 9.69 Å². The van der Waals surface area contributed by atoms with Gasteiger partial charge in [-0.1, -0.05) is 12.8 Å². The van der Waals surface area contributed by atoms with Gasteiger partial charge in [-0.05, 0) is 52.5 Å². The number of hydrogen-bond acceptors (Lipinski definition) is 3. The van der Waals surface area contributed by atoms with E-state index < -0.39 is 5.60 Å². The molecule has 0 aromatic heterocycles. The standard InChI is InChI=1S/C16H30N2O2/c1-16(2,20)14-9-5-11-18(14)12-6-10-17-15(19)13-7-3-4-8-13/h13-14,20H,3-12H2,1-2H3,(H,17,19). The van der Waals surface area contributed by atoms with Gasteiger partial charge in [-0.2, -0.15) is 0 Å². The Bertz CT molecular complexity index is 319. The molecule has 2 aliphatic rings. The zero-order valence-electron chi connectivity index (χ0n) is 13.0. The first-order valence-corrected chi connectivity index (χ1v) is 8.22. The molecule has 0 bridgehead atoms. The lowest BCUT2D eigenvalue weighted by Gasteiger charge is -2.33. The number of amides is 1. The highest BCUT2D eigenvalue weighted by Crippen LogP contribution is 2.27. The van der Waals surface area contributed by atoms with Crippen molar-refractivity contribution in [3.05, 3.63) is 0 Å². The van der Waals surface area contributed by atoms with Gasteiger partial charge in [0.15, 0.2) is 0 Å². The van der Waals surface area contributed by atoms with Gasteiger partial charge in [-0.15, -0.1) is 0 Å². The summed E-state index contributed by atoms with van der Waals surface area (Å²) in [5.41, 5.74) is -0.621. The van der Waals surface area contributed by atoms with Crippen molar-refractivity contribution in [1.29, 1.82) is 0 Å². The average molecular weight is 282 g/mol. The van der Waals surface area contributed by atoms with Crippen LogP contribution in [0.2, 0.25) is 0 Å². The van der Waals surface area contributed by atoms with Crippen LogP contribution in [0.25, 0.3) is 0 Å². The third-order valence-corrected chi connectivity index (χ3v) is 4.83. The Kier molecular flexibility index (Phi) is 5.44. The van der Waals surface area contributed by atoms with E-state index in [0.29, 0.717) is 0 Å². The lowest BCUT2D eigenvalue weighted by Crippen LogP contribution is -2.46. The number of nitrogens with one attached hydrogen (secondary N) is 1. The average Bonchev–Trinajstić information content (AvgIpc) is 3.03. The first kappa shape index (κ1) is 15.8. The van der Waals surface area contributed by atoms with Crippen LogP contribution in [0.1, 0.15) is 58.8 Å². The second-order valence-electron chi connectivity index (χ2n) is 6.97. The number of hydrogen-bond donors (Lipinski definition) is 2. The monoisotopic (exact) mass is 282 g/mol. The summed E-state index contributed by atoms with van der Waals surface area (Å²) >= 11 is 0. The van der Waals surface area contributed by atoms with Gasteiger partial charge < -0.3 is 10.4 Å². The molecule has 0 spiro atoms. The molecule has 1 aliphatic heterocycles. The topological polar surface area (TPSA) is 52.6 Å². The zero-order valence-corrected chi connectivity index (χ0v) is 13.0. The van der Waals surface area contributed by atoms with Crippen molar-refractivity contribution in [2.45, 2.75) is 70.4 Å². The van der Waals surface area contributed by atoms with E-state index in [2.05, 4.69) is 10.2 Å². The second kappa shape index (κ2) is 6.90. The number of carbonyl (C=O) groups excluding carboxylic acids is 1. The lowest BCUT2D eigenvalue weighted by atomic mass is 9.96. The summed E-state index contributed by atoms with van der Waals surface area (Å²) in [5.74, 6) is 0.522. The first-order valence-electron chi connectivity index (χ1n) is 8.22. The molecular weight excluding hydrogens is 252 g/mol. The molecule has 1 atom stereocenters. The summed E-state index contributed by atoms with van der Waals surface area (Å²) in [5, 5.41) is 13.2. The van der Waals surface area contributed by atoms with Crippen LogP contribution >= 0.6 is 0 Å². The molecule has 0 aromatic rings. The van der Waals surface area contributed by atoms with Crippen molar-refractivity contribution >= 4 is 5.91 Å². The number of aliphatic hydroxyl groups is 1. The number of likely N-dealkylation sites (tertiary alicyclic amines) is 1. The SMILES string of the molecule is CC(C)(O)C1CCCN1CCCNC(=O)C1CCCC1. The summed E-state index contributed by atoms with van der Waals surface area (Å²) in [4.78, 5) is 14.3. The van der Waals surface area contributed by atoms with Crippen LogP contribution in [0.4, 0.5) is 0 Å². The van der Waals surface area contributed by atoms with Gasteiger partial charge in [0.1, 0.15) is 0 Å². The largest absolute Gasteiger partial charge is 0.389 e. The van der Waals surface area contributed by atoms with Crippen LogP contribution in [0.5, 0.6) is 0 Å². The molecule has 0 aromatic carbocycles. The summed E-state index contributed by atoms with van der Waals surface area (Å²) < 4.78 is 0. The van der Waals surface area contributed by atoms with E-state index in [4.69, 9.17) is 0 Å². The molecule has 4 heteroatoms. The van der Waals surface area contributed by atoms with Crippen LogP contribution in [-0.2, 0) is 4.79 Å². The zero-order chi connectivity index (χ0) is 14.6. The number of carbonyl (C=O) groups is 1. The van der Waals surface area contributed by atoms with Gasteiger partial charge in [0, 0.05) is 25.0 Å². The number of nitrogens with zero attached hydrogens (tertiary/aromatic N) is 1. The Hall–Kier alpha value is -0.610. The van der Waals surface area contributed by atoms with Crippen LogP contribution in [0.15, 0.2) is 0 Å². The first-order chi connectivity index (χ1) is 9.48. The van der Waals surface area contributed by atoms with Crippen LogP contribution < -0.4 is 5.32 Å². The fraction of sp³-hybridized carbons (Fsp3) is 0.938. The van der Waals surface area contributed by atoms with E-state index in [1.54, 1.807) is 0 Å². The Morgan fingerprint density at radius 3 is 2.60 bits per heavy atom. The minimum atomic E-state index is -0.621. The molecule has 1 amide bonds. The van der Waals surface area contributed by atoms with E-state index in [1.807, 2.05) is 13.8 Å². The van der Waals surface area contributed by atoms with Crippen molar-refractivity contribution in [2.24, 2.45) is 5.92 Å². The number of rotatable bonds is 6. The fourth-order valence-electron chi connectivity index (χ4n) is 3.72. The third kappa shape index (κ3) is 4.19. The van der Waals surface area contributed by atoms with Crippen LogP contribution in [0.3, 0.4) is 0 Å². The fourth-order valence-corrected chi connectivity index (χ4v) is 3.72. The molecule has 2 N–H and O–H groups in total. The van der Waals surface area contributed by atoms with Crippen molar-refractivity contribution in [1.82, 2.24) is 10.2 Å². The van der Waals surface area contributed by atoms with Gasteiger partial charge >= 0.3 is 0 Å². The minimum absolute atomic E-state index is 0.253. The highest BCUT2D eigenvalue weighted by molar-refractivity contribution is 5.78. The normalized spacial score (nSPS) is 25.2. The molecule has 2 rings (SSSR count). The summed E-state index contributed by atoms with van der Waals surface area (Å²) in [6, 6.07) is 0.271. The quantitative estimate of drug-likeness (QED) is 0.732. The molecule has 116 valence electrons. The van der Waals surface area contributed by atoms with Gasteiger partial charge in [0.2, 0.25) is 5.91 Å².